The van der Waals surface area contributed by atoms with E-state index in [0.29, 0.717) is 6.61 Å². The third-order valence-corrected chi connectivity index (χ3v) is 5.32. The first-order valence-electron chi connectivity index (χ1n) is 10.2. The molecular weight excluding hydrogens is 367 g/mol. The van der Waals surface area contributed by atoms with Crippen molar-refractivity contribution in [3.8, 4) is 5.75 Å². The second kappa shape index (κ2) is 9.83. The van der Waals surface area contributed by atoms with Gasteiger partial charge in [0.2, 0.25) is 0 Å². The van der Waals surface area contributed by atoms with Gasteiger partial charge in [-0.3, -0.25) is 4.90 Å². The molecule has 3 aromatic rings. The SMILES string of the molecule is Fc1ccc(COc2ccc3ccccc3c2CNCCN2CCOCC2)cc1. The van der Waals surface area contributed by atoms with Crippen molar-refractivity contribution in [3.05, 3.63) is 77.6 Å². The predicted molar refractivity (Wildman–Crippen MR) is 114 cm³/mol. The quantitative estimate of drug-likeness (QED) is 0.586. The van der Waals surface area contributed by atoms with E-state index in [4.69, 9.17) is 9.47 Å². The van der Waals surface area contributed by atoms with E-state index in [1.807, 2.05) is 6.07 Å². The lowest BCUT2D eigenvalue weighted by Gasteiger charge is -2.26. The van der Waals surface area contributed by atoms with Crippen LogP contribution in [0.3, 0.4) is 0 Å². The molecule has 1 saturated heterocycles. The van der Waals surface area contributed by atoms with Crippen molar-refractivity contribution in [1.29, 1.82) is 0 Å². The minimum Gasteiger partial charge on any atom is -0.489 e. The summed E-state index contributed by atoms with van der Waals surface area (Å²) in [5.74, 6) is 0.636. The normalized spacial score (nSPS) is 14.9. The van der Waals surface area contributed by atoms with Gasteiger partial charge in [0.15, 0.2) is 0 Å². The molecule has 1 aliphatic rings. The zero-order valence-corrected chi connectivity index (χ0v) is 16.6. The van der Waals surface area contributed by atoms with Crippen molar-refractivity contribution < 1.29 is 13.9 Å². The minimum atomic E-state index is -0.232. The predicted octanol–water partition coefficient (Wildman–Crippen LogP) is 3.98. The van der Waals surface area contributed by atoms with Crippen molar-refractivity contribution in [2.45, 2.75) is 13.2 Å². The summed E-state index contributed by atoms with van der Waals surface area (Å²) < 4.78 is 24.7. The van der Waals surface area contributed by atoms with E-state index in [2.05, 4.69) is 40.5 Å². The Morgan fingerprint density at radius 3 is 2.59 bits per heavy atom. The largest absolute Gasteiger partial charge is 0.489 e. The molecule has 1 heterocycles. The van der Waals surface area contributed by atoms with E-state index in [0.717, 1.165) is 62.8 Å². The molecule has 3 aromatic carbocycles. The Labute approximate surface area is 171 Å². The average Bonchev–Trinajstić information content (AvgIpc) is 2.77. The van der Waals surface area contributed by atoms with Gasteiger partial charge in [-0.1, -0.05) is 42.5 Å². The molecule has 1 N–H and O–H groups in total. The molecule has 0 aliphatic carbocycles. The van der Waals surface area contributed by atoms with Gasteiger partial charge in [-0.2, -0.15) is 0 Å². The van der Waals surface area contributed by atoms with Crippen LogP contribution < -0.4 is 10.1 Å². The maximum absolute atomic E-state index is 13.1. The Kier molecular flexibility index (Phi) is 6.72. The van der Waals surface area contributed by atoms with Crippen molar-refractivity contribution in [3.63, 3.8) is 0 Å². The van der Waals surface area contributed by atoms with E-state index in [9.17, 15) is 4.39 Å². The molecule has 0 aromatic heterocycles. The number of nitrogens with one attached hydrogen (secondary N) is 1. The van der Waals surface area contributed by atoms with E-state index in [-0.39, 0.29) is 5.82 Å². The van der Waals surface area contributed by atoms with E-state index >= 15 is 0 Å². The van der Waals surface area contributed by atoms with Crippen LogP contribution in [0.2, 0.25) is 0 Å². The summed E-state index contributed by atoms with van der Waals surface area (Å²) >= 11 is 0. The molecule has 0 atom stereocenters. The Morgan fingerprint density at radius 2 is 1.76 bits per heavy atom. The summed E-state index contributed by atoms with van der Waals surface area (Å²) in [5.41, 5.74) is 2.11. The molecule has 0 spiro atoms. The summed E-state index contributed by atoms with van der Waals surface area (Å²) in [6.45, 7) is 6.74. The van der Waals surface area contributed by atoms with Gasteiger partial charge in [0.1, 0.15) is 18.2 Å². The monoisotopic (exact) mass is 394 g/mol. The number of nitrogens with zero attached hydrogens (tertiary/aromatic N) is 1. The Morgan fingerprint density at radius 1 is 0.966 bits per heavy atom. The zero-order valence-electron chi connectivity index (χ0n) is 16.6. The lowest BCUT2D eigenvalue weighted by Crippen LogP contribution is -2.40. The summed E-state index contributed by atoms with van der Waals surface area (Å²) in [5, 5.41) is 5.97. The van der Waals surface area contributed by atoms with Crippen LogP contribution in [0.1, 0.15) is 11.1 Å². The number of hydrogen-bond donors (Lipinski definition) is 1. The Bertz CT molecular complexity index is 924. The van der Waals surface area contributed by atoms with Gasteiger partial charge >= 0.3 is 0 Å². The van der Waals surface area contributed by atoms with Gasteiger partial charge < -0.3 is 14.8 Å². The number of morpholine rings is 1. The summed E-state index contributed by atoms with van der Waals surface area (Å²) in [6, 6.07) is 18.9. The van der Waals surface area contributed by atoms with Crippen LogP contribution in [0.5, 0.6) is 5.75 Å². The van der Waals surface area contributed by atoms with Gasteiger partial charge in [0.05, 0.1) is 13.2 Å². The van der Waals surface area contributed by atoms with Crippen LogP contribution in [-0.4, -0.2) is 44.3 Å². The van der Waals surface area contributed by atoms with Gasteiger partial charge in [-0.15, -0.1) is 0 Å². The molecular formula is C24H27FN2O2. The third kappa shape index (κ3) is 5.32. The Balaban J connectivity index is 1.44. The minimum absolute atomic E-state index is 0.232. The highest BCUT2D eigenvalue weighted by molar-refractivity contribution is 5.87. The van der Waals surface area contributed by atoms with Crippen LogP contribution >= 0.6 is 0 Å². The highest BCUT2D eigenvalue weighted by Crippen LogP contribution is 2.28. The second-order valence-corrected chi connectivity index (χ2v) is 7.31. The van der Waals surface area contributed by atoms with Crippen molar-refractivity contribution in [1.82, 2.24) is 10.2 Å². The first-order chi connectivity index (χ1) is 14.3. The molecule has 4 nitrogen and oxygen atoms in total. The van der Waals surface area contributed by atoms with Crippen LogP contribution in [0.15, 0.2) is 60.7 Å². The van der Waals surface area contributed by atoms with Crippen molar-refractivity contribution >= 4 is 10.8 Å². The lowest BCUT2D eigenvalue weighted by molar-refractivity contribution is 0.0384. The van der Waals surface area contributed by atoms with Crippen LogP contribution in [-0.2, 0) is 17.9 Å². The molecule has 0 saturated carbocycles. The smallest absolute Gasteiger partial charge is 0.124 e. The maximum Gasteiger partial charge on any atom is 0.124 e. The van der Waals surface area contributed by atoms with Gasteiger partial charge in [-0.25, -0.2) is 4.39 Å². The van der Waals surface area contributed by atoms with Gasteiger partial charge in [0, 0.05) is 38.3 Å². The first-order valence-corrected chi connectivity index (χ1v) is 10.2. The number of benzene rings is 3. The van der Waals surface area contributed by atoms with E-state index < -0.39 is 0 Å². The van der Waals surface area contributed by atoms with E-state index in [1.165, 1.54) is 22.9 Å². The Hall–Kier alpha value is -2.47. The van der Waals surface area contributed by atoms with Crippen molar-refractivity contribution in [2.24, 2.45) is 0 Å². The molecule has 1 aliphatic heterocycles. The molecule has 4 rings (SSSR count). The topological polar surface area (TPSA) is 33.7 Å². The summed E-state index contributed by atoms with van der Waals surface area (Å²) in [6.07, 6.45) is 0. The van der Waals surface area contributed by atoms with Gasteiger partial charge in [0.25, 0.3) is 0 Å². The van der Waals surface area contributed by atoms with Gasteiger partial charge in [-0.05, 0) is 34.5 Å². The van der Waals surface area contributed by atoms with Crippen LogP contribution in [0.25, 0.3) is 10.8 Å². The molecule has 5 heteroatoms. The lowest BCUT2D eigenvalue weighted by atomic mass is 10.0. The molecule has 0 unspecified atom stereocenters. The zero-order chi connectivity index (χ0) is 19.9. The van der Waals surface area contributed by atoms with Crippen LogP contribution in [0.4, 0.5) is 4.39 Å². The number of ether oxygens (including phenoxy) is 2. The average molecular weight is 394 g/mol. The molecule has 29 heavy (non-hydrogen) atoms. The highest BCUT2D eigenvalue weighted by atomic mass is 19.1. The second-order valence-electron chi connectivity index (χ2n) is 7.31. The summed E-state index contributed by atoms with van der Waals surface area (Å²) in [4.78, 5) is 2.42. The molecule has 1 fully saturated rings. The third-order valence-electron chi connectivity index (χ3n) is 5.32. The summed E-state index contributed by atoms with van der Waals surface area (Å²) in [7, 11) is 0. The highest BCUT2D eigenvalue weighted by Gasteiger charge is 2.11. The number of halogens is 1. The first kappa shape index (κ1) is 19.8. The van der Waals surface area contributed by atoms with Crippen molar-refractivity contribution in [2.75, 3.05) is 39.4 Å². The van der Waals surface area contributed by atoms with E-state index in [1.54, 1.807) is 12.1 Å². The molecule has 0 bridgehead atoms. The molecule has 152 valence electrons. The van der Waals surface area contributed by atoms with Crippen LogP contribution in [0, 0.1) is 5.82 Å². The number of fused-ring (bicyclic) bond motifs is 1. The molecule has 0 amide bonds. The number of hydrogen-bond acceptors (Lipinski definition) is 4. The maximum atomic E-state index is 13.1. The molecule has 0 radical (unpaired) electrons. The standard InChI is InChI=1S/C24H27FN2O2/c25-21-8-5-19(6-9-21)18-29-24-10-7-20-3-1-2-4-22(20)23(24)17-26-11-12-27-13-15-28-16-14-27/h1-10,26H,11-18H2. The fourth-order valence-electron chi connectivity index (χ4n) is 3.65. The fraction of sp³-hybridized carbons (Fsp3) is 0.333. The fourth-order valence-corrected chi connectivity index (χ4v) is 3.65. The number of rotatable bonds is 8.